The average Bonchev–Trinajstić information content (AvgIpc) is 3.11. The molecule has 0 fully saturated rings. The van der Waals surface area contributed by atoms with Gasteiger partial charge in [-0.1, -0.05) is 0 Å². The number of methoxy groups -OCH3 is 1. The molecule has 1 aliphatic rings. The molecular weight excluding hydrogens is 360 g/mol. The van der Waals surface area contributed by atoms with E-state index >= 15 is 0 Å². The number of nitrogens with one attached hydrogen (secondary N) is 4. The lowest BCUT2D eigenvalue weighted by Gasteiger charge is -2.17. The zero-order chi connectivity index (χ0) is 19.7. The number of rotatable bonds is 2. The van der Waals surface area contributed by atoms with Gasteiger partial charge in [-0.05, 0) is 13.0 Å². The first-order valence-corrected chi connectivity index (χ1v) is 8.97. The van der Waals surface area contributed by atoms with Gasteiger partial charge < -0.3 is 26.0 Å². The molecule has 10 nitrogen and oxygen atoms in total. The highest BCUT2D eigenvalue weighted by atomic mass is 16.5. The summed E-state index contributed by atoms with van der Waals surface area (Å²) in [6.45, 7) is 3.09. The molecule has 146 valence electrons. The highest BCUT2D eigenvalue weighted by molar-refractivity contribution is 5.94. The molecule has 0 aromatic carbocycles. The molecule has 0 saturated heterocycles. The predicted octanol–water partition coefficient (Wildman–Crippen LogP) is 1.14. The van der Waals surface area contributed by atoms with Crippen LogP contribution >= 0.6 is 0 Å². The number of nitrogens with zero attached hydrogens (tertiary/aromatic N) is 4. The van der Waals surface area contributed by atoms with E-state index in [1.54, 1.807) is 20.4 Å². The summed E-state index contributed by atoms with van der Waals surface area (Å²) >= 11 is 0. The van der Waals surface area contributed by atoms with Crippen LogP contribution in [0.2, 0.25) is 0 Å². The van der Waals surface area contributed by atoms with Gasteiger partial charge in [0.2, 0.25) is 0 Å². The van der Waals surface area contributed by atoms with Gasteiger partial charge in [-0.3, -0.25) is 9.78 Å². The van der Waals surface area contributed by atoms with Crippen LogP contribution in [0.3, 0.4) is 0 Å². The molecule has 0 saturated carbocycles. The summed E-state index contributed by atoms with van der Waals surface area (Å²) < 4.78 is 6.96. The highest BCUT2D eigenvalue weighted by Crippen LogP contribution is 2.29. The Morgan fingerprint density at radius 2 is 2.14 bits per heavy atom. The maximum absolute atomic E-state index is 12.7. The zero-order valence-electron chi connectivity index (χ0n) is 15.9. The zero-order valence-corrected chi connectivity index (χ0v) is 15.9. The second kappa shape index (κ2) is 7.31. The van der Waals surface area contributed by atoms with Gasteiger partial charge in [0, 0.05) is 32.2 Å². The largest absolute Gasteiger partial charge is 0.493 e. The van der Waals surface area contributed by atoms with E-state index in [2.05, 4.69) is 36.3 Å². The van der Waals surface area contributed by atoms with Gasteiger partial charge in [0.15, 0.2) is 22.9 Å². The molecule has 0 radical (unpaired) electrons. The van der Waals surface area contributed by atoms with E-state index in [1.807, 2.05) is 19.1 Å². The first-order valence-electron chi connectivity index (χ1n) is 8.97. The first kappa shape index (κ1) is 18.0. The lowest BCUT2D eigenvalue weighted by Crippen LogP contribution is -2.40. The van der Waals surface area contributed by atoms with Gasteiger partial charge in [0.1, 0.15) is 0 Å². The summed E-state index contributed by atoms with van der Waals surface area (Å²) in [4.78, 5) is 21.5. The number of ether oxygens (including phenoxy) is 1. The van der Waals surface area contributed by atoms with E-state index in [0.29, 0.717) is 36.0 Å². The molecule has 4 heterocycles. The third-order valence-electron chi connectivity index (χ3n) is 4.51. The Morgan fingerprint density at radius 1 is 1.29 bits per heavy atom. The third kappa shape index (κ3) is 3.29. The van der Waals surface area contributed by atoms with Crippen LogP contribution < -0.4 is 26.0 Å². The molecule has 3 aromatic rings. The standard InChI is InChI=1S/C18H22N8O2/c1-10-6-20-7-11-4-12(15(28-3)9-21-11)24-16-5-13(19-2)17-22-8-14(18(27)23-10)26(17)25-16/h4-5,8-10,19-20H,6-7H2,1-3H3,(H,23,27)(H,24,25)/t10-/m1/s1. The first-order chi connectivity index (χ1) is 13.6. The number of fused-ring (bicyclic) bond motifs is 3. The number of hydrogen-bond donors (Lipinski definition) is 4. The number of carbonyl (C=O) groups excluding carboxylic acids is 1. The molecule has 10 heteroatoms. The molecule has 0 unspecified atom stereocenters. The van der Waals surface area contributed by atoms with E-state index in [0.717, 1.165) is 17.1 Å². The van der Waals surface area contributed by atoms with Gasteiger partial charge in [0.05, 0.1) is 36.6 Å². The molecule has 28 heavy (non-hydrogen) atoms. The van der Waals surface area contributed by atoms with Crippen LogP contribution in [0.4, 0.5) is 17.2 Å². The number of hydrogen-bond acceptors (Lipinski definition) is 8. The van der Waals surface area contributed by atoms with Gasteiger partial charge >= 0.3 is 0 Å². The minimum absolute atomic E-state index is 0.0798. The van der Waals surface area contributed by atoms with Crippen molar-refractivity contribution in [1.82, 2.24) is 30.2 Å². The molecule has 1 amide bonds. The quantitative estimate of drug-likeness (QED) is 0.521. The van der Waals surface area contributed by atoms with E-state index in [-0.39, 0.29) is 11.9 Å². The van der Waals surface area contributed by atoms with Crippen molar-refractivity contribution in [2.75, 3.05) is 31.3 Å². The Bertz CT molecular complexity index is 1030. The second-order valence-electron chi connectivity index (χ2n) is 6.58. The fourth-order valence-electron chi connectivity index (χ4n) is 3.11. The fourth-order valence-corrected chi connectivity index (χ4v) is 3.11. The maximum atomic E-state index is 12.7. The average molecular weight is 382 g/mol. The summed E-state index contributed by atoms with van der Waals surface area (Å²) in [5.74, 6) is 0.901. The third-order valence-corrected chi connectivity index (χ3v) is 4.51. The molecule has 4 N–H and O–H groups in total. The van der Waals surface area contributed by atoms with Crippen molar-refractivity contribution in [3.8, 4) is 5.75 Å². The Kier molecular flexibility index (Phi) is 4.70. The van der Waals surface area contributed by atoms with E-state index in [4.69, 9.17) is 4.74 Å². The van der Waals surface area contributed by atoms with Crippen LogP contribution in [-0.2, 0) is 6.54 Å². The number of aromatic nitrogens is 4. The number of carbonyl (C=O) groups is 1. The lowest BCUT2D eigenvalue weighted by molar-refractivity contribution is 0.0932. The smallest absolute Gasteiger partial charge is 0.271 e. The molecule has 0 aliphatic carbocycles. The molecule has 0 spiro atoms. The summed E-state index contributed by atoms with van der Waals surface area (Å²) in [5.41, 5.74) is 3.25. The normalized spacial score (nSPS) is 17.0. The molecule has 4 bridgehead atoms. The van der Waals surface area contributed by atoms with Crippen LogP contribution in [-0.4, -0.2) is 52.2 Å². The monoisotopic (exact) mass is 382 g/mol. The van der Waals surface area contributed by atoms with Crippen molar-refractivity contribution in [3.05, 3.63) is 35.9 Å². The van der Waals surface area contributed by atoms with Gasteiger partial charge in [-0.15, -0.1) is 5.10 Å². The minimum atomic E-state index is -0.236. The van der Waals surface area contributed by atoms with E-state index in [1.165, 1.54) is 10.7 Å². The van der Waals surface area contributed by atoms with Crippen molar-refractivity contribution in [1.29, 1.82) is 0 Å². The molecule has 1 aliphatic heterocycles. The number of pyridine rings is 1. The van der Waals surface area contributed by atoms with Crippen molar-refractivity contribution < 1.29 is 9.53 Å². The lowest BCUT2D eigenvalue weighted by atomic mass is 10.2. The van der Waals surface area contributed by atoms with Crippen LogP contribution in [0, 0.1) is 0 Å². The Hall–Kier alpha value is -3.40. The van der Waals surface area contributed by atoms with Crippen LogP contribution in [0.15, 0.2) is 24.5 Å². The molecule has 1 atom stereocenters. The van der Waals surface area contributed by atoms with Gasteiger partial charge in [0.25, 0.3) is 5.91 Å². The summed E-state index contributed by atoms with van der Waals surface area (Å²) in [5, 5.41) is 17.2. The van der Waals surface area contributed by atoms with Crippen molar-refractivity contribution in [2.45, 2.75) is 19.5 Å². The fraction of sp³-hybridized carbons (Fsp3) is 0.333. The molecule has 4 rings (SSSR count). The number of anilines is 3. The Labute approximate surface area is 161 Å². The SMILES string of the molecule is CNc1cc2nn3c(cnc13)C(=O)N[C@H](C)CNCc1cc(c(OC)cn1)N2. The molecule has 3 aromatic heterocycles. The van der Waals surface area contributed by atoms with Crippen LogP contribution in [0.5, 0.6) is 5.75 Å². The van der Waals surface area contributed by atoms with E-state index < -0.39 is 0 Å². The van der Waals surface area contributed by atoms with Crippen LogP contribution in [0.25, 0.3) is 5.65 Å². The molecular formula is C18H22N8O2. The minimum Gasteiger partial charge on any atom is -0.493 e. The van der Waals surface area contributed by atoms with Gasteiger partial charge in [-0.2, -0.15) is 0 Å². The number of imidazole rings is 1. The highest BCUT2D eigenvalue weighted by Gasteiger charge is 2.19. The Balaban J connectivity index is 1.88. The Morgan fingerprint density at radius 3 is 2.93 bits per heavy atom. The number of amides is 1. The van der Waals surface area contributed by atoms with Crippen molar-refractivity contribution >= 4 is 28.7 Å². The van der Waals surface area contributed by atoms with E-state index in [9.17, 15) is 4.79 Å². The van der Waals surface area contributed by atoms with Crippen LogP contribution in [0.1, 0.15) is 23.1 Å². The summed E-state index contributed by atoms with van der Waals surface area (Å²) in [7, 11) is 3.39. The summed E-state index contributed by atoms with van der Waals surface area (Å²) in [6.07, 6.45) is 3.20. The topological polar surface area (TPSA) is 118 Å². The van der Waals surface area contributed by atoms with Gasteiger partial charge in [-0.25, -0.2) is 9.50 Å². The maximum Gasteiger partial charge on any atom is 0.271 e. The second-order valence-corrected chi connectivity index (χ2v) is 6.58. The summed E-state index contributed by atoms with van der Waals surface area (Å²) in [6, 6.07) is 3.67. The van der Waals surface area contributed by atoms with Crippen molar-refractivity contribution in [2.24, 2.45) is 0 Å². The predicted molar refractivity (Wildman–Crippen MR) is 105 cm³/mol. The van der Waals surface area contributed by atoms with Crippen molar-refractivity contribution in [3.63, 3.8) is 0 Å².